The van der Waals surface area contributed by atoms with Gasteiger partial charge in [0.1, 0.15) is 0 Å². The van der Waals surface area contributed by atoms with Crippen LogP contribution in [0.3, 0.4) is 0 Å². The highest BCUT2D eigenvalue weighted by Gasteiger charge is 1.99. The number of aryl methyl sites for hydroxylation is 1. The number of nitrogens with zero attached hydrogens (tertiary/aromatic N) is 1. The monoisotopic (exact) mass is 205 g/mol. The normalized spacial score (nSPS) is 9.07. The van der Waals surface area contributed by atoms with Crippen molar-refractivity contribution in [2.45, 2.75) is 20.8 Å². The number of thiophene rings is 1. The molecule has 0 spiro atoms. The van der Waals surface area contributed by atoms with Crippen molar-refractivity contribution in [1.29, 1.82) is 0 Å². The van der Waals surface area contributed by atoms with Gasteiger partial charge < -0.3 is 0 Å². The minimum absolute atomic E-state index is 1.07. The molecule has 2 heterocycles. The predicted octanol–water partition coefficient (Wildman–Crippen LogP) is 4.14. The summed E-state index contributed by atoms with van der Waals surface area (Å²) >= 11 is 1.78. The zero-order valence-electron chi connectivity index (χ0n) is 8.82. The molecular weight excluding hydrogens is 190 g/mol. The van der Waals surface area contributed by atoms with E-state index in [2.05, 4.69) is 24.0 Å². The summed E-state index contributed by atoms with van der Waals surface area (Å²) in [5, 5.41) is 0. The SMILES string of the molecule is CC.Cc1ccc(-c2ccccn2)s1. The van der Waals surface area contributed by atoms with Crippen LogP contribution < -0.4 is 0 Å². The quantitative estimate of drug-likeness (QED) is 0.681. The van der Waals surface area contributed by atoms with E-state index in [4.69, 9.17) is 0 Å². The van der Waals surface area contributed by atoms with E-state index in [1.807, 2.05) is 38.2 Å². The maximum Gasteiger partial charge on any atom is 0.0801 e. The van der Waals surface area contributed by atoms with E-state index in [9.17, 15) is 0 Å². The van der Waals surface area contributed by atoms with E-state index in [1.165, 1.54) is 9.75 Å². The van der Waals surface area contributed by atoms with Gasteiger partial charge >= 0.3 is 0 Å². The van der Waals surface area contributed by atoms with Crippen molar-refractivity contribution >= 4 is 11.3 Å². The second kappa shape index (κ2) is 5.55. The third-order valence-electron chi connectivity index (χ3n) is 1.66. The van der Waals surface area contributed by atoms with Crippen LogP contribution in [-0.2, 0) is 0 Å². The number of pyridine rings is 1. The summed E-state index contributed by atoms with van der Waals surface area (Å²) in [6.07, 6.45) is 1.82. The molecule has 0 aromatic carbocycles. The van der Waals surface area contributed by atoms with Gasteiger partial charge in [0.25, 0.3) is 0 Å². The van der Waals surface area contributed by atoms with Gasteiger partial charge in [0.05, 0.1) is 10.6 Å². The van der Waals surface area contributed by atoms with Crippen LogP contribution in [0.5, 0.6) is 0 Å². The van der Waals surface area contributed by atoms with Crippen LogP contribution in [0.15, 0.2) is 36.5 Å². The molecule has 0 aliphatic rings. The number of hydrogen-bond acceptors (Lipinski definition) is 2. The Balaban J connectivity index is 0.000000461. The number of hydrogen-bond donors (Lipinski definition) is 0. The Morgan fingerprint density at radius 3 is 2.36 bits per heavy atom. The van der Waals surface area contributed by atoms with Crippen molar-refractivity contribution in [3.63, 3.8) is 0 Å². The predicted molar refractivity (Wildman–Crippen MR) is 63.6 cm³/mol. The van der Waals surface area contributed by atoms with E-state index in [-0.39, 0.29) is 0 Å². The molecule has 0 amide bonds. The molecular formula is C12H15NS. The highest BCUT2D eigenvalue weighted by molar-refractivity contribution is 7.15. The van der Waals surface area contributed by atoms with Gasteiger partial charge in [-0.25, -0.2) is 0 Å². The van der Waals surface area contributed by atoms with Gasteiger partial charge in [-0.3, -0.25) is 4.98 Å². The molecule has 0 N–H and O–H groups in total. The first-order valence-electron chi connectivity index (χ1n) is 4.84. The minimum Gasteiger partial charge on any atom is -0.255 e. The summed E-state index contributed by atoms with van der Waals surface area (Å²) in [5.41, 5.74) is 1.07. The zero-order chi connectivity index (χ0) is 10.4. The van der Waals surface area contributed by atoms with Gasteiger partial charge in [-0.05, 0) is 31.2 Å². The number of rotatable bonds is 1. The molecule has 2 heteroatoms. The molecule has 0 aliphatic carbocycles. The van der Waals surface area contributed by atoms with Crippen LogP contribution in [0, 0.1) is 6.92 Å². The maximum atomic E-state index is 4.27. The summed E-state index contributed by atoms with van der Waals surface area (Å²) in [7, 11) is 0. The second-order valence-electron chi connectivity index (χ2n) is 2.63. The van der Waals surface area contributed by atoms with Gasteiger partial charge in [-0.15, -0.1) is 11.3 Å². The Labute approximate surface area is 89.4 Å². The van der Waals surface area contributed by atoms with Crippen LogP contribution in [0.4, 0.5) is 0 Å². The lowest BCUT2D eigenvalue weighted by molar-refractivity contribution is 1.34. The molecule has 14 heavy (non-hydrogen) atoms. The van der Waals surface area contributed by atoms with Gasteiger partial charge in [0.15, 0.2) is 0 Å². The van der Waals surface area contributed by atoms with Gasteiger partial charge in [0.2, 0.25) is 0 Å². The van der Waals surface area contributed by atoms with E-state index >= 15 is 0 Å². The van der Waals surface area contributed by atoms with Crippen molar-refractivity contribution in [3.8, 4) is 10.6 Å². The molecule has 0 radical (unpaired) electrons. The van der Waals surface area contributed by atoms with Gasteiger partial charge in [-0.2, -0.15) is 0 Å². The molecule has 0 fully saturated rings. The van der Waals surface area contributed by atoms with Crippen molar-refractivity contribution < 1.29 is 0 Å². The van der Waals surface area contributed by atoms with E-state index in [1.54, 1.807) is 11.3 Å². The molecule has 2 rings (SSSR count). The number of aromatic nitrogens is 1. The molecule has 1 nitrogen and oxygen atoms in total. The smallest absolute Gasteiger partial charge is 0.0801 e. The Morgan fingerprint density at radius 2 is 1.86 bits per heavy atom. The van der Waals surface area contributed by atoms with Crippen LogP contribution in [0.1, 0.15) is 18.7 Å². The van der Waals surface area contributed by atoms with E-state index in [0.717, 1.165) is 5.69 Å². The Morgan fingerprint density at radius 1 is 1.07 bits per heavy atom. The molecule has 0 bridgehead atoms. The summed E-state index contributed by atoms with van der Waals surface area (Å²) in [5.74, 6) is 0. The van der Waals surface area contributed by atoms with Crippen molar-refractivity contribution in [2.24, 2.45) is 0 Å². The van der Waals surface area contributed by atoms with Crippen molar-refractivity contribution in [1.82, 2.24) is 4.98 Å². The minimum atomic E-state index is 1.07. The standard InChI is InChI=1S/C10H9NS.C2H6/c1-8-5-6-10(12-8)9-4-2-3-7-11-9;1-2/h2-7H,1H3;1-2H3. The first kappa shape index (κ1) is 10.9. The first-order valence-corrected chi connectivity index (χ1v) is 5.66. The lowest BCUT2D eigenvalue weighted by Gasteiger charge is -1.92. The van der Waals surface area contributed by atoms with Crippen LogP contribution >= 0.6 is 11.3 Å². The highest BCUT2D eigenvalue weighted by Crippen LogP contribution is 2.25. The Kier molecular flexibility index (Phi) is 4.33. The third kappa shape index (κ3) is 2.67. The van der Waals surface area contributed by atoms with E-state index < -0.39 is 0 Å². The molecule has 74 valence electrons. The fourth-order valence-corrected chi connectivity index (χ4v) is 1.93. The summed E-state index contributed by atoms with van der Waals surface area (Å²) in [4.78, 5) is 6.85. The topological polar surface area (TPSA) is 12.9 Å². The highest BCUT2D eigenvalue weighted by atomic mass is 32.1. The summed E-state index contributed by atoms with van der Waals surface area (Å²) < 4.78 is 0. The lowest BCUT2D eigenvalue weighted by atomic mass is 10.3. The van der Waals surface area contributed by atoms with Crippen molar-refractivity contribution in [2.75, 3.05) is 0 Å². The molecule has 0 saturated carbocycles. The van der Waals surface area contributed by atoms with Crippen LogP contribution in [0.25, 0.3) is 10.6 Å². The molecule has 0 unspecified atom stereocenters. The Bertz CT molecular complexity index is 365. The van der Waals surface area contributed by atoms with E-state index in [0.29, 0.717) is 0 Å². The first-order chi connectivity index (χ1) is 6.86. The van der Waals surface area contributed by atoms with Crippen LogP contribution in [-0.4, -0.2) is 4.98 Å². The van der Waals surface area contributed by atoms with Crippen LogP contribution in [0.2, 0.25) is 0 Å². The summed E-state index contributed by atoms with van der Waals surface area (Å²) in [6, 6.07) is 10.2. The molecule has 2 aromatic heterocycles. The average Bonchev–Trinajstić information content (AvgIpc) is 2.69. The summed E-state index contributed by atoms with van der Waals surface area (Å²) in [6.45, 7) is 6.11. The average molecular weight is 205 g/mol. The molecule has 0 saturated heterocycles. The zero-order valence-corrected chi connectivity index (χ0v) is 9.64. The molecule has 0 aliphatic heterocycles. The lowest BCUT2D eigenvalue weighted by Crippen LogP contribution is -1.75. The largest absolute Gasteiger partial charge is 0.255 e. The third-order valence-corrected chi connectivity index (χ3v) is 2.68. The van der Waals surface area contributed by atoms with Crippen molar-refractivity contribution in [3.05, 3.63) is 41.4 Å². The molecule has 2 aromatic rings. The fraction of sp³-hybridized carbons (Fsp3) is 0.250. The van der Waals surface area contributed by atoms with Gasteiger partial charge in [0, 0.05) is 11.1 Å². The van der Waals surface area contributed by atoms with Gasteiger partial charge in [-0.1, -0.05) is 19.9 Å². The molecule has 0 atom stereocenters. The maximum absolute atomic E-state index is 4.27. The Hall–Kier alpha value is -1.15. The fourth-order valence-electron chi connectivity index (χ4n) is 1.08. The second-order valence-corrected chi connectivity index (χ2v) is 3.91.